The van der Waals surface area contributed by atoms with Gasteiger partial charge in [0.2, 0.25) is 5.28 Å². The molecular weight excluding hydrogens is 376 g/mol. The number of fused-ring (bicyclic) bond motifs is 1. The van der Waals surface area contributed by atoms with Gasteiger partial charge in [-0.3, -0.25) is 4.57 Å². The number of aliphatic hydroxyl groups is 3. The molecule has 1 aliphatic rings. The van der Waals surface area contributed by atoms with Crippen LogP contribution in [0.15, 0.2) is 12.1 Å². The molecule has 1 fully saturated rings. The van der Waals surface area contributed by atoms with Crippen molar-refractivity contribution in [1.82, 2.24) is 9.55 Å². The first-order chi connectivity index (χ1) is 11.1. The van der Waals surface area contributed by atoms with Gasteiger partial charge >= 0.3 is 6.18 Å². The molecule has 11 heteroatoms. The number of alkyl halides is 3. The van der Waals surface area contributed by atoms with Crippen LogP contribution in [0.4, 0.5) is 13.2 Å². The van der Waals surface area contributed by atoms with Gasteiger partial charge in [-0.15, -0.1) is 0 Å². The van der Waals surface area contributed by atoms with Crippen molar-refractivity contribution in [3.63, 3.8) is 0 Å². The lowest BCUT2D eigenvalue weighted by Gasteiger charge is -2.18. The molecule has 0 radical (unpaired) electrons. The Hall–Kier alpha value is -1.10. The van der Waals surface area contributed by atoms with E-state index < -0.39 is 42.9 Å². The van der Waals surface area contributed by atoms with E-state index in [0.29, 0.717) is 0 Å². The Balaban J connectivity index is 2.18. The van der Waals surface area contributed by atoms with Crippen LogP contribution in [0.1, 0.15) is 11.8 Å². The van der Waals surface area contributed by atoms with Crippen LogP contribution in [0.2, 0.25) is 10.3 Å². The largest absolute Gasteiger partial charge is 0.416 e. The molecule has 6 nitrogen and oxygen atoms in total. The Kier molecular flexibility index (Phi) is 4.44. The third-order valence-electron chi connectivity index (χ3n) is 3.80. The number of benzene rings is 1. The van der Waals surface area contributed by atoms with E-state index in [-0.39, 0.29) is 21.3 Å². The molecule has 2 heterocycles. The predicted octanol–water partition coefficient (Wildman–Crippen LogP) is 1.97. The lowest BCUT2D eigenvalue weighted by atomic mass is 10.1. The van der Waals surface area contributed by atoms with Gasteiger partial charge in [0.1, 0.15) is 23.8 Å². The molecule has 1 aromatic heterocycles. The second-order valence-electron chi connectivity index (χ2n) is 5.30. The molecule has 3 rings (SSSR count). The van der Waals surface area contributed by atoms with E-state index in [1.807, 2.05) is 0 Å². The number of ether oxygens (including phenoxy) is 1. The van der Waals surface area contributed by atoms with Crippen molar-refractivity contribution in [2.24, 2.45) is 0 Å². The zero-order valence-corrected chi connectivity index (χ0v) is 13.2. The molecule has 0 bridgehead atoms. The quantitative estimate of drug-likeness (QED) is 0.734. The van der Waals surface area contributed by atoms with Crippen LogP contribution in [-0.2, 0) is 10.9 Å². The Morgan fingerprint density at radius 2 is 1.88 bits per heavy atom. The van der Waals surface area contributed by atoms with Gasteiger partial charge in [-0.25, -0.2) is 4.98 Å². The first-order valence-corrected chi connectivity index (χ1v) is 7.47. The van der Waals surface area contributed by atoms with Crippen LogP contribution in [0.5, 0.6) is 0 Å². The number of nitrogens with zero attached hydrogens (tertiary/aromatic N) is 2. The number of imidazole rings is 1. The van der Waals surface area contributed by atoms with E-state index >= 15 is 0 Å². The minimum atomic E-state index is -4.65. The van der Waals surface area contributed by atoms with Crippen molar-refractivity contribution in [2.45, 2.75) is 30.7 Å². The Morgan fingerprint density at radius 3 is 2.42 bits per heavy atom. The summed E-state index contributed by atoms with van der Waals surface area (Å²) in [7, 11) is 0. The lowest BCUT2D eigenvalue weighted by molar-refractivity contribution is -0.137. The van der Waals surface area contributed by atoms with Gasteiger partial charge in [-0.1, -0.05) is 11.6 Å². The minimum absolute atomic E-state index is 0.00703. The van der Waals surface area contributed by atoms with Crippen LogP contribution >= 0.6 is 23.2 Å². The zero-order valence-electron chi connectivity index (χ0n) is 11.7. The number of aromatic nitrogens is 2. The topological polar surface area (TPSA) is 87.7 Å². The Labute approximate surface area is 143 Å². The van der Waals surface area contributed by atoms with Crippen LogP contribution in [-0.4, -0.2) is 49.8 Å². The number of hydrogen-bond donors (Lipinski definition) is 3. The number of halogens is 5. The van der Waals surface area contributed by atoms with Crippen molar-refractivity contribution in [2.75, 3.05) is 6.61 Å². The molecule has 24 heavy (non-hydrogen) atoms. The van der Waals surface area contributed by atoms with Gasteiger partial charge in [0, 0.05) is 0 Å². The minimum Gasteiger partial charge on any atom is -0.394 e. The highest BCUT2D eigenvalue weighted by molar-refractivity contribution is 6.36. The maximum Gasteiger partial charge on any atom is 0.416 e. The fourth-order valence-electron chi connectivity index (χ4n) is 2.62. The maximum atomic E-state index is 13.0. The van der Waals surface area contributed by atoms with Crippen molar-refractivity contribution < 1.29 is 33.2 Å². The summed E-state index contributed by atoms with van der Waals surface area (Å²) < 4.78 is 45.3. The summed E-state index contributed by atoms with van der Waals surface area (Å²) in [6.45, 7) is -0.590. The van der Waals surface area contributed by atoms with Gasteiger partial charge in [-0.05, 0) is 23.7 Å². The molecule has 0 unspecified atom stereocenters. The monoisotopic (exact) mass is 386 g/mol. The van der Waals surface area contributed by atoms with Crippen molar-refractivity contribution >= 4 is 34.2 Å². The van der Waals surface area contributed by atoms with Crippen molar-refractivity contribution in [3.05, 3.63) is 28.0 Å². The van der Waals surface area contributed by atoms with Crippen LogP contribution < -0.4 is 0 Å². The summed E-state index contributed by atoms with van der Waals surface area (Å²) in [6.07, 6.45) is -10.0. The van der Waals surface area contributed by atoms with E-state index in [0.717, 1.165) is 16.7 Å². The fraction of sp³-hybridized carbons (Fsp3) is 0.462. The van der Waals surface area contributed by atoms with Crippen LogP contribution in [0, 0.1) is 0 Å². The van der Waals surface area contributed by atoms with E-state index in [2.05, 4.69) is 4.98 Å². The van der Waals surface area contributed by atoms with Gasteiger partial charge in [0.05, 0.1) is 22.7 Å². The van der Waals surface area contributed by atoms with Gasteiger partial charge in [0.15, 0.2) is 6.23 Å². The molecule has 4 atom stereocenters. The van der Waals surface area contributed by atoms with Crippen molar-refractivity contribution in [1.29, 1.82) is 0 Å². The Morgan fingerprint density at radius 1 is 1.21 bits per heavy atom. The van der Waals surface area contributed by atoms with E-state index in [9.17, 15) is 23.4 Å². The second-order valence-corrected chi connectivity index (χ2v) is 6.05. The van der Waals surface area contributed by atoms with E-state index in [4.69, 9.17) is 33.0 Å². The molecule has 1 aromatic carbocycles. The Bertz CT molecular complexity index is 783. The zero-order chi connectivity index (χ0) is 17.8. The SMILES string of the molecule is OC[C@H]1O[C@@H](n2c(Cl)nc3c(Cl)cc(C(F)(F)F)cc32)[C@H](O)[C@@H]1O. The summed E-state index contributed by atoms with van der Waals surface area (Å²) in [5.74, 6) is 0. The summed E-state index contributed by atoms with van der Waals surface area (Å²) in [5.41, 5.74) is -1.15. The van der Waals surface area contributed by atoms with E-state index in [1.54, 1.807) is 0 Å². The average molecular weight is 387 g/mol. The molecule has 0 saturated carbocycles. The predicted molar refractivity (Wildman–Crippen MR) is 77.8 cm³/mol. The standard InChI is InChI=1S/C13H11Cl2F3N2O4/c14-5-1-4(13(16,17)18)2-6-8(5)19-12(15)20(6)11-10(23)9(22)7(3-21)24-11/h1-2,7,9-11,21-23H,3H2/t7-,9-,10-,11-/m1/s1. The molecule has 132 valence electrons. The molecule has 0 spiro atoms. The number of rotatable bonds is 2. The third-order valence-corrected chi connectivity index (χ3v) is 4.36. The highest BCUT2D eigenvalue weighted by atomic mass is 35.5. The fourth-order valence-corrected chi connectivity index (χ4v) is 3.15. The van der Waals surface area contributed by atoms with Crippen molar-refractivity contribution in [3.8, 4) is 0 Å². The molecule has 0 aliphatic carbocycles. The van der Waals surface area contributed by atoms with E-state index in [1.165, 1.54) is 0 Å². The summed E-state index contributed by atoms with van der Waals surface area (Å²) in [4.78, 5) is 3.88. The highest BCUT2D eigenvalue weighted by Gasteiger charge is 2.45. The smallest absolute Gasteiger partial charge is 0.394 e. The van der Waals surface area contributed by atoms with Crippen LogP contribution in [0.3, 0.4) is 0 Å². The molecule has 1 saturated heterocycles. The first-order valence-electron chi connectivity index (χ1n) is 6.71. The maximum absolute atomic E-state index is 13.0. The average Bonchev–Trinajstić information content (AvgIpc) is 2.96. The molecule has 3 N–H and O–H groups in total. The lowest BCUT2D eigenvalue weighted by Crippen LogP contribution is -2.33. The molecule has 1 aliphatic heterocycles. The molecular formula is C13H11Cl2F3N2O4. The third kappa shape index (κ3) is 2.75. The first kappa shape index (κ1) is 17.7. The molecule has 2 aromatic rings. The van der Waals surface area contributed by atoms with Crippen LogP contribution in [0.25, 0.3) is 11.0 Å². The second kappa shape index (κ2) is 6.01. The normalized spacial score (nSPS) is 28.0. The highest BCUT2D eigenvalue weighted by Crippen LogP contribution is 2.39. The summed E-state index contributed by atoms with van der Waals surface area (Å²) in [5, 5.41) is 28.5. The number of aliphatic hydroxyl groups excluding tert-OH is 3. The summed E-state index contributed by atoms with van der Waals surface area (Å²) in [6, 6.07) is 1.49. The summed E-state index contributed by atoms with van der Waals surface area (Å²) >= 11 is 11.8. The van der Waals surface area contributed by atoms with Gasteiger partial charge in [-0.2, -0.15) is 13.2 Å². The molecule has 0 amide bonds. The van der Waals surface area contributed by atoms with Gasteiger partial charge in [0.25, 0.3) is 0 Å². The van der Waals surface area contributed by atoms with Gasteiger partial charge < -0.3 is 20.1 Å². The number of hydrogen-bond acceptors (Lipinski definition) is 5.